The van der Waals surface area contributed by atoms with Gasteiger partial charge in [0.05, 0.1) is 19.6 Å². The third-order valence-electron chi connectivity index (χ3n) is 1.93. The van der Waals surface area contributed by atoms with E-state index in [2.05, 4.69) is 0 Å². The van der Waals surface area contributed by atoms with Crippen LogP contribution >= 0.6 is 0 Å². The molecule has 4 nitrogen and oxygen atoms in total. The molecule has 0 aromatic heterocycles. The van der Waals surface area contributed by atoms with Crippen LogP contribution in [-0.2, 0) is 4.79 Å². The zero-order valence-electron chi connectivity index (χ0n) is 10.4. The maximum atomic E-state index is 11.2. The van der Waals surface area contributed by atoms with Crippen molar-refractivity contribution in [3.8, 4) is 17.2 Å². The zero-order chi connectivity index (χ0) is 12.7. The maximum absolute atomic E-state index is 11.2. The Morgan fingerprint density at radius 3 is 1.94 bits per heavy atom. The van der Waals surface area contributed by atoms with Gasteiger partial charge in [0.25, 0.3) is 0 Å². The van der Waals surface area contributed by atoms with Gasteiger partial charge in [-0.1, -0.05) is 6.92 Å². The molecule has 4 heteroatoms. The van der Waals surface area contributed by atoms with Gasteiger partial charge in [-0.2, -0.15) is 0 Å². The van der Waals surface area contributed by atoms with Crippen LogP contribution in [0.15, 0.2) is 18.2 Å². The average molecular weight is 237 g/mol. The minimum Gasteiger partial charge on any atom is -0.494 e. The van der Waals surface area contributed by atoms with Gasteiger partial charge in [-0.05, 0) is 13.8 Å². The highest BCUT2D eigenvalue weighted by Gasteiger charge is 2.07. The Bertz CT molecular complexity index is 349. The average Bonchev–Trinajstić information content (AvgIpc) is 2.29. The van der Waals surface area contributed by atoms with Crippen LogP contribution in [0.2, 0.25) is 0 Å². The summed E-state index contributed by atoms with van der Waals surface area (Å²) in [7, 11) is 0. The van der Waals surface area contributed by atoms with Gasteiger partial charge >= 0.3 is 5.97 Å². The van der Waals surface area contributed by atoms with Gasteiger partial charge in [-0.3, -0.25) is 4.79 Å². The van der Waals surface area contributed by atoms with Crippen LogP contribution in [-0.4, -0.2) is 19.2 Å². The Balaban J connectivity index is 2.90. The summed E-state index contributed by atoms with van der Waals surface area (Å²) in [6.07, 6.45) is 1.35. The minimum atomic E-state index is -0.402. The number of esters is 1. The molecule has 0 aliphatic heterocycles. The summed E-state index contributed by atoms with van der Waals surface area (Å²) in [5.74, 6) is 1.26. The van der Waals surface area contributed by atoms with E-state index in [1.807, 2.05) is 13.8 Å². The van der Waals surface area contributed by atoms with E-state index in [1.165, 1.54) is 6.42 Å². The monoisotopic (exact) mass is 237 g/mol. The minimum absolute atomic E-state index is 0.402. The van der Waals surface area contributed by atoms with Crippen LogP contribution in [0.1, 0.15) is 20.8 Å². The SMILES string of the molecule is C[CH]C(=O)Oc1cc(OCC)cc(OCC)c1. The van der Waals surface area contributed by atoms with Gasteiger partial charge in [0.2, 0.25) is 0 Å². The highest BCUT2D eigenvalue weighted by atomic mass is 16.5. The summed E-state index contributed by atoms with van der Waals surface area (Å²) in [5, 5.41) is 0. The normalized spacial score (nSPS) is 9.82. The summed E-state index contributed by atoms with van der Waals surface area (Å²) in [6, 6.07) is 5.08. The Morgan fingerprint density at radius 2 is 1.53 bits per heavy atom. The highest BCUT2D eigenvalue weighted by Crippen LogP contribution is 2.28. The largest absolute Gasteiger partial charge is 0.494 e. The van der Waals surface area contributed by atoms with E-state index in [4.69, 9.17) is 14.2 Å². The first-order chi connectivity index (χ1) is 8.19. The predicted molar refractivity (Wildman–Crippen MR) is 64.4 cm³/mol. The number of rotatable bonds is 6. The highest BCUT2D eigenvalue weighted by molar-refractivity contribution is 5.80. The topological polar surface area (TPSA) is 44.8 Å². The molecule has 1 aromatic rings. The molecule has 0 spiro atoms. The van der Waals surface area contributed by atoms with E-state index in [1.54, 1.807) is 25.1 Å². The molecular formula is C13H17O4. The first-order valence-corrected chi connectivity index (χ1v) is 5.61. The van der Waals surface area contributed by atoms with E-state index in [9.17, 15) is 4.79 Å². The molecule has 1 aromatic carbocycles. The van der Waals surface area contributed by atoms with Crippen LogP contribution < -0.4 is 14.2 Å². The second-order valence-electron chi connectivity index (χ2n) is 3.22. The van der Waals surface area contributed by atoms with Crippen molar-refractivity contribution in [2.24, 2.45) is 0 Å². The van der Waals surface area contributed by atoms with E-state index >= 15 is 0 Å². The number of carbonyl (C=O) groups excluding carboxylic acids is 1. The van der Waals surface area contributed by atoms with Crippen molar-refractivity contribution in [3.05, 3.63) is 24.6 Å². The molecule has 1 rings (SSSR count). The van der Waals surface area contributed by atoms with Crippen molar-refractivity contribution in [2.75, 3.05) is 13.2 Å². The Morgan fingerprint density at radius 1 is 1.06 bits per heavy atom. The number of benzene rings is 1. The van der Waals surface area contributed by atoms with Crippen molar-refractivity contribution in [3.63, 3.8) is 0 Å². The lowest BCUT2D eigenvalue weighted by molar-refractivity contribution is -0.130. The molecule has 0 bridgehead atoms. The molecule has 0 unspecified atom stereocenters. The smallest absolute Gasteiger partial charge is 0.314 e. The van der Waals surface area contributed by atoms with Gasteiger partial charge in [-0.25, -0.2) is 0 Å². The Labute approximate surface area is 101 Å². The molecule has 93 valence electrons. The molecule has 0 aliphatic carbocycles. The number of ether oxygens (including phenoxy) is 3. The van der Waals surface area contributed by atoms with Crippen molar-refractivity contribution in [2.45, 2.75) is 20.8 Å². The lowest BCUT2D eigenvalue weighted by Gasteiger charge is -2.10. The van der Waals surface area contributed by atoms with Crippen LogP contribution in [0.3, 0.4) is 0 Å². The van der Waals surface area contributed by atoms with Gasteiger partial charge in [0.1, 0.15) is 17.2 Å². The number of carbonyl (C=O) groups is 1. The summed E-state index contributed by atoms with van der Waals surface area (Å²) in [6.45, 7) is 6.49. The fourth-order valence-electron chi connectivity index (χ4n) is 1.28. The van der Waals surface area contributed by atoms with Crippen LogP contribution in [0, 0.1) is 6.42 Å². The molecule has 0 heterocycles. The summed E-state index contributed by atoms with van der Waals surface area (Å²) in [4.78, 5) is 11.2. The third kappa shape index (κ3) is 4.34. The molecule has 17 heavy (non-hydrogen) atoms. The van der Waals surface area contributed by atoms with E-state index < -0.39 is 5.97 Å². The lowest BCUT2D eigenvalue weighted by atomic mass is 10.3. The standard InChI is InChI=1S/C13H17O4/c1-4-13(14)17-12-8-10(15-5-2)7-11(9-12)16-6-3/h4,7-9H,5-6H2,1-3H3. The molecular weight excluding hydrogens is 220 g/mol. The Hall–Kier alpha value is -1.71. The number of hydrogen-bond donors (Lipinski definition) is 0. The quantitative estimate of drug-likeness (QED) is 0.563. The fourth-order valence-corrected chi connectivity index (χ4v) is 1.28. The van der Waals surface area contributed by atoms with Gasteiger partial charge < -0.3 is 14.2 Å². The second kappa shape index (κ2) is 6.78. The van der Waals surface area contributed by atoms with Crippen LogP contribution in [0.25, 0.3) is 0 Å². The molecule has 0 saturated carbocycles. The van der Waals surface area contributed by atoms with Crippen molar-refractivity contribution in [1.82, 2.24) is 0 Å². The molecule has 0 amide bonds. The molecule has 0 saturated heterocycles. The first kappa shape index (κ1) is 13.4. The third-order valence-corrected chi connectivity index (χ3v) is 1.93. The molecule has 0 atom stereocenters. The van der Waals surface area contributed by atoms with Crippen molar-refractivity contribution in [1.29, 1.82) is 0 Å². The van der Waals surface area contributed by atoms with E-state index in [0.29, 0.717) is 30.5 Å². The lowest BCUT2D eigenvalue weighted by Crippen LogP contribution is -2.06. The summed E-state index contributed by atoms with van der Waals surface area (Å²) in [5.41, 5.74) is 0. The van der Waals surface area contributed by atoms with Crippen molar-refractivity contribution < 1.29 is 19.0 Å². The van der Waals surface area contributed by atoms with Gasteiger partial charge in [0, 0.05) is 18.2 Å². The van der Waals surface area contributed by atoms with Gasteiger partial charge in [-0.15, -0.1) is 0 Å². The van der Waals surface area contributed by atoms with Crippen LogP contribution in [0.5, 0.6) is 17.2 Å². The zero-order valence-corrected chi connectivity index (χ0v) is 10.4. The predicted octanol–water partition coefficient (Wildman–Crippen LogP) is 2.61. The maximum Gasteiger partial charge on any atom is 0.314 e. The van der Waals surface area contributed by atoms with E-state index in [-0.39, 0.29) is 0 Å². The summed E-state index contributed by atoms with van der Waals surface area (Å²) >= 11 is 0. The molecule has 1 radical (unpaired) electrons. The molecule has 0 N–H and O–H groups in total. The number of hydrogen-bond acceptors (Lipinski definition) is 4. The summed E-state index contributed by atoms with van der Waals surface area (Å²) < 4.78 is 15.8. The van der Waals surface area contributed by atoms with Crippen LogP contribution in [0.4, 0.5) is 0 Å². The molecule has 0 aliphatic rings. The molecule has 0 fully saturated rings. The van der Waals surface area contributed by atoms with Gasteiger partial charge in [0.15, 0.2) is 0 Å². The second-order valence-corrected chi connectivity index (χ2v) is 3.22. The fraction of sp³-hybridized carbons (Fsp3) is 0.385. The van der Waals surface area contributed by atoms with E-state index in [0.717, 1.165) is 0 Å². The first-order valence-electron chi connectivity index (χ1n) is 5.61. The Kier molecular flexibility index (Phi) is 5.33. The van der Waals surface area contributed by atoms with Crippen molar-refractivity contribution >= 4 is 5.97 Å².